The van der Waals surface area contributed by atoms with Crippen LogP contribution in [0, 0.1) is 11.8 Å². The van der Waals surface area contributed by atoms with E-state index >= 15 is 0 Å². The molecule has 1 aromatic carbocycles. The summed E-state index contributed by atoms with van der Waals surface area (Å²) >= 11 is 0. The lowest BCUT2D eigenvalue weighted by Gasteiger charge is -2.43. The summed E-state index contributed by atoms with van der Waals surface area (Å²) in [5, 5.41) is 3.71. The molecule has 1 aliphatic heterocycles. The maximum Gasteiger partial charge on any atom is 0.118 e. The van der Waals surface area contributed by atoms with Gasteiger partial charge in [0.05, 0.1) is 19.0 Å². The maximum atomic E-state index is 6.29. The number of rotatable bonds is 10. The van der Waals surface area contributed by atoms with Crippen LogP contribution < -0.4 is 10.2 Å². The quantitative estimate of drug-likeness (QED) is 0.356. The average molecular weight is 477 g/mol. The lowest BCUT2D eigenvalue weighted by molar-refractivity contribution is 0.133. The number of allylic oxidation sites excluding steroid dienone is 5. The van der Waals surface area contributed by atoms with Crippen LogP contribution in [0.5, 0.6) is 0 Å². The Labute approximate surface area is 213 Å². The van der Waals surface area contributed by atoms with Crippen molar-refractivity contribution in [1.82, 2.24) is 5.32 Å². The highest BCUT2D eigenvalue weighted by molar-refractivity contribution is 5.61. The highest BCUT2D eigenvalue weighted by atomic mass is 16.5. The van der Waals surface area contributed by atoms with Crippen LogP contribution in [-0.2, 0) is 9.47 Å². The number of anilines is 1. The van der Waals surface area contributed by atoms with E-state index in [-0.39, 0.29) is 17.9 Å². The second-order valence-electron chi connectivity index (χ2n) is 9.87. The van der Waals surface area contributed by atoms with Crippen LogP contribution in [0.3, 0.4) is 0 Å². The van der Waals surface area contributed by atoms with Gasteiger partial charge in [0, 0.05) is 47.6 Å². The van der Waals surface area contributed by atoms with E-state index in [2.05, 4.69) is 95.8 Å². The predicted octanol–water partition coefficient (Wildman–Crippen LogP) is 7.45. The van der Waals surface area contributed by atoms with Gasteiger partial charge in [0.1, 0.15) is 5.76 Å². The topological polar surface area (TPSA) is 33.7 Å². The minimum Gasteiger partial charge on any atom is -0.501 e. The summed E-state index contributed by atoms with van der Waals surface area (Å²) in [5.41, 5.74) is 8.17. The molecule has 0 amide bonds. The van der Waals surface area contributed by atoms with Gasteiger partial charge in [0.2, 0.25) is 0 Å². The van der Waals surface area contributed by atoms with Crippen molar-refractivity contribution in [3.05, 3.63) is 89.2 Å². The Morgan fingerprint density at radius 1 is 1.14 bits per heavy atom. The number of ether oxygens (including phenoxy) is 2. The summed E-state index contributed by atoms with van der Waals surface area (Å²) < 4.78 is 11.9. The molecule has 4 nitrogen and oxygen atoms in total. The predicted molar refractivity (Wildman–Crippen MR) is 148 cm³/mol. The summed E-state index contributed by atoms with van der Waals surface area (Å²) in [7, 11) is 1.70. The molecule has 4 heteroatoms. The first-order valence-electron chi connectivity index (χ1n) is 13.0. The van der Waals surface area contributed by atoms with Gasteiger partial charge < -0.3 is 19.7 Å². The molecule has 190 valence electrons. The first kappa shape index (κ1) is 26.7. The first-order chi connectivity index (χ1) is 16.7. The summed E-state index contributed by atoms with van der Waals surface area (Å²) in [6.45, 7) is 28.2. The van der Waals surface area contributed by atoms with Crippen molar-refractivity contribution < 1.29 is 9.47 Å². The van der Waals surface area contributed by atoms with Crippen LogP contribution >= 0.6 is 0 Å². The number of methoxy groups -OCH3 is 1. The third-order valence-electron chi connectivity index (χ3n) is 7.64. The fourth-order valence-corrected chi connectivity index (χ4v) is 5.59. The van der Waals surface area contributed by atoms with E-state index in [9.17, 15) is 0 Å². The molecule has 4 unspecified atom stereocenters. The Hall–Kier alpha value is -2.88. The Morgan fingerprint density at radius 3 is 2.31 bits per heavy atom. The summed E-state index contributed by atoms with van der Waals surface area (Å²) in [4.78, 5) is 2.36. The monoisotopic (exact) mass is 476 g/mol. The molecule has 3 rings (SSSR count). The minimum atomic E-state index is -0.0132. The maximum absolute atomic E-state index is 6.29. The fourth-order valence-electron chi connectivity index (χ4n) is 5.59. The number of benzene rings is 1. The Kier molecular flexibility index (Phi) is 8.58. The van der Waals surface area contributed by atoms with Crippen molar-refractivity contribution in [1.29, 1.82) is 0 Å². The lowest BCUT2D eigenvalue weighted by Crippen LogP contribution is -2.35. The van der Waals surface area contributed by atoms with Gasteiger partial charge in [-0.05, 0) is 75.3 Å². The third-order valence-corrected chi connectivity index (χ3v) is 7.64. The average Bonchev–Trinajstić information content (AvgIpc) is 2.83. The summed E-state index contributed by atoms with van der Waals surface area (Å²) in [6, 6.07) is 8.97. The van der Waals surface area contributed by atoms with E-state index in [0.29, 0.717) is 5.92 Å². The molecule has 0 saturated heterocycles. The summed E-state index contributed by atoms with van der Waals surface area (Å²) in [6.07, 6.45) is 1.94. The SMILES string of the molecule is C=C(OC(C)CC)C1=C(C)NC2=C(C(=C)C(C(=C)OC)C(C)C2)C1c1ccc(N(CC)CC)cc1. The van der Waals surface area contributed by atoms with Crippen molar-refractivity contribution in [2.45, 2.75) is 66.4 Å². The highest BCUT2D eigenvalue weighted by Gasteiger charge is 2.41. The van der Waals surface area contributed by atoms with E-state index in [1.807, 2.05) is 0 Å². The van der Waals surface area contributed by atoms with Crippen molar-refractivity contribution in [3.63, 3.8) is 0 Å². The second kappa shape index (κ2) is 11.2. The molecular weight excluding hydrogens is 432 g/mol. The van der Waals surface area contributed by atoms with Gasteiger partial charge in [0.15, 0.2) is 0 Å². The van der Waals surface area contributed by atoms with Crippen LogP contribution in [0.2, 0.25) is 0 Å². The van der Waals surface area contributed by atoms with Gasteiger partial charge in [-0.25, -0.2) is 0 Å². The van der Waals surface area contributed by atoms with Gasteiger partial charge in [-0.3, -0.25) is 0 Å². The van der Waals surface area contributed by atoms with E-state index < -0.39 is 0 Å². The molecule has 0 fully saturated rings. The highest BCUT2D eigenvalue weighted by Crippen LogP contribution is 2.51. The molecule has 0 spiro atoms. The number of nitrogens with one attached hydrogen (secondary N) is 1. The minimum absolute atomic E-state index is 0.0132. The molecule has 0 radical (unpaired) electrons. The molecule has 1 aliphatic carbocycles. The van der Waals surface area contributed by atoms with E-state index in [4.69, 9.17) is 9.47 Å². The molecule has 35 heavy (non-hydrogen) atoms. The van der Waals surface area contributed by atoms with Crippen LogP contribution in [0.15, 0.2) is 83.6 Å². The van der Waals surface area contributed by atoms with Crippen LogP contribution in [-0.4, -0.2) is 26.3 Å². The van der Waals surface area contributed by atoms with Crippen molar-refractivity contribution in [2.75, 3.05) is 25.1 Å². The van der Waals surface area contributed by atoms with E-state index in [1.54, 1.807) is 7.11 Å². The normalized spacial score (nSPS) is 22.8. The zero-order valence-corrected chi connectivity index (χ0v) is 22.8. The van der Waals surface area contributed by atoms with E-state index in [0.717, 1.165) is 54.3 Å². The smallest absolute Gasteiger partial charge is 0.118 e. The van der Waals surface area contributed by atoms with Crippen molar-refractivity contribution >= 4 is 5.69 Å². The molecule has 2 aliphatic rings. The van der Waals surface area contributed by atoms with Crippen LogP contribution in [0.25, 0.3) is 0 Å². The number of nitrogens with zero attached hydrogens (tertiary/aromatic N) is 1. The Morgan fingerprint density at radius 2 is 1.77 bits per heavy atom. The van der Waals surface area contributed by atoms with Gasteiger partial charge in [0.25, 0.3) is 0 Å². The lowest BCUT2D eigenvalue weighted by atomic mass is 9.67. The summed E-state index contributed by atoms with van der Waals surface area (Å²) in [5.74, 6) is 1.90. The zero-order valence-electron chi connectivity index (χ0n) is 22.8. The number of hydrogen-bond acceptors (Lipinski definition) is 4. The van der Waals surface area contributed by atoms with Gasteiger partial charge in [-0.15, -0.1) is 0 Å². The molecule has 1 heterocycles. The standard InChI is InChI=1S/C31H44N2O2/c1-11-20(5)35-24(9)30-22(7)32-27-18-19(4)28(23(8)34-10)21(6)29(27)31(30)25-14-16-26(17-15-25)33(12-2)13-3/h14-17,19-20,28,31-32H,6,8-9,11-13,18H2,1-5,7,10H3. The van der Waals surface area contributed by atoms with Gasteiger partial charge in [-0.2, -0.15) is 0 Å². The molecule has 1 N–H and O–H groups in total. The van der Waals surface area contributed by atoms with Gasteiger partial charge >= 0.3 is 0 Å². The molecule has 0 bridgehead atoms. The fraction of sp³-hybridized carbons (Fsp3) is 0.484. The largest absolute Gasteiger partial charge is 0.501 e. The molecule has 0 aromatic heterocycles. The van der Waals surface area contributed by atoms with Gasteiger partial charge in [-0.1, -0.05) is 45.7 Å². The van der Waals surface area contributed by atoms with E-state index in [1.165, 1.54) is 22.5 Å². The molecular formula is C31H44N2O2. The zero-order chi connectivity index (χ0) is 25.9. The Balaban J connectivity index is 2.15. The second-order valence-corrected chi connectivity index (χ2v) is 9.87. The number of hydrogen-bond donors (Lipinski definition) is 1. The first-order valence-corrected chi connectivity index (χ1v) is 13.0. The molecule has 4 atom stereocenters. The molecule has 0 saturated carbocycles. The number of dihydropyridines is 1. The van der Waals surface area contributed by atoms with Crippen LogP contribution in [0.1, 0.15) is 65.9 Å². The van der Waals surface area contributed by atoms with Crippen molar-refractivity contribution in [3.8, 4) is 0 Å². The van der Waals surface area contributed by atoms with Crippen LogP contribution in [0.4, 0.5) is 5.69 Å². The molecule has 1 aromatic rings. The third kappa shape index (κ3) is 5.22. The Bertz CT molecular complexity index is 1030. The van der Waals surface area contributed by atoms with Crippen molar-refractivity contribution in [2.24, 2.45) is 11.8 Å².